The van der Waals surface area contributed by atoms with Crippen LogP contribution in [0.4, 0.5) is 0 Å². The van der Waals surface area contributed by atoms with Crippen LogP contribution >= 0.6 is 11.8 Å². The molecule has 0 amide bonds. The molecule has 0 rings (SSSR count). The molecule has 0 aromatic heterocycles. The molecule has 22 heavy (non-hydrogen) atoms. The summed E-state index contributed by atoms with van der Waals surface area (Å²) in [5, 5.41) is 0. The quantitative estimate of drug-likeness (QED) is 0.275. The van der Waals surface area contributed by atoms with E-state index in [0.717, 1.165) is 42.0 Å². The van der Waals surface area contributed by atoms with Crippen LogP contribution in [0.15, 0.2) is 0 Å². The molecule has 0 aliphatic rings. The van der Waals surface area contributed by atoms with Crippen molar-refractivity contribution in [2.45, 2.75) is 83.1 Å². The topological polar surface area (TPSA) is 44.5 Å². The van der Waals surface area contributed by atoms with Crippen LogP contribution in [0, 0.1) is 0 Å². The summed E-state index contributed by atoms with van der Waals surface area (Å²) in [6.07, 6.45) is 8.26. The van der Waals surface area contributed by atoms with Crippen molar-refractivity contribution in [2.75, 3.05) is 22.7 Å². The van der Waals surface area contributed by atoms with E-state index in [1.54, 1.807) is 0 Å². The summed E-state index contributed by atoms with van der Waals surface area (Å²) < 4.78 is 15.3. The zero-order valence-corrected chi connectivity index (χ0v) is 19.0. The van der Waals surface area contributed by atoms with Gasteiger partial charge in [-0.05, 0) is 0 Å². The molecule has 0 heterocycles. The van der Waals surface area contributed by atoms with Crippen LogP contribution in [0.3, 0.4) is 0 Å². The van der Waals surface area contributed by atoms with E-state index in [4.69, 9.17) is 11.9 Å². The molecule has 0 aromatic rings. The molecule has 0 spiro atoms. The van der Waals surface area contributed by atoms with E-state index in [2.05, 4.69) is 27.7 Å². The normalized spacial score (nSPS) is 13.5. The maximum absolute atomic E-state index is 6.46. The summed E-state index contributed by atoms with van der Waals surface area (Å²) in [6.45, 7) is 10.6. The van der Waals surface area contributed by atoms with Crippen molar-refractivity contribution in [1.29, 1.82) is 0 Å². The Bertz CT molecular complexity index is 233. The van der Waals surface area contributed by atoms with Crippen molar-refractivity contribution in [3.05, 3.63) is 0 Å². The minimum atomic E-state index is -2.89. The van der Waals surface area contributed by atoms with E-state index >= 15 is 0 Å². The number of hydrogen-bond donors (Lipinski definition) is 1. The number of nitrogens with two attached hydrogens (primary N) is 1. The Labute approximate surface area is 148 Å². The van der Waals surface area contributed by atoms with E-state index in [0.29, 0.717) is 6.04 Å². The molecule has 134 valence electrons. The van der Waals surface area contributed by atoms with Gasteiger partial charge in [0.25, 0.3) is 0 Å². The van der Waals surface area contributed by atoms with Crippen LogP contribution in [0.2, 0.25) is 4.44 Å². The van der Waals surface area contributed by atoms with Crippen molar-refractivity contribution < 1.29 is 6.15 Å². The predicted octanol–water partition coefficient (Wildman–Crippen LogP) is 4.87. The Morgan fingerprint density at radius 2 is 1.55 bits per heavy atom. The van der Waals surface area contributed by atoms with Crippen LogP contribution in [-0.4, -0.2) is 48.0 Å². The van der Waals surface area contributed by atoms with Gasteiger partial charge >= 0.3 is 149 Å². The zero-order chi connectivity index (χ0) is 16.7. The molecule has 0 saturated carbocycles. The fourth-order valence-electron chi connectivity index (χ4n) is 2.26. The fraction of sp³-hybridized carbons (Fsp3) is 1.00. The maximum atomic E-state index is 6.46. The van der Waals surface area contributed by atoms with Gasteiger partial charge in [-0.25, -0.2) is 0 Å². The molecule has 0 aliphatic carbocycles. The van der Waals surface area contributed by atoms with Crippen molar-refractivity contribution in [2.24, 2.45) is 5.73 Å². The van der Waals surface area contributed by atoms with Gasteiger partial charge < -0.3 is 0 Å². The monoisotopic (exact) mass is 441 g/mol. The Hall–Kier alpha value is 1.03. The molecular weight excluding hydrogens is 401 g/mol. The summed E-state index contributed by atoms with van der Waals surface area (Å²) in [5.41, 5.74) is 5.87. The Balaban J connectivity index is 4.52. The van der Waals surface area contributed by atoms with Crippen LogP contribution in [-0.2, 0) is 6.15 Å². The first-order chi connectivity index (χ1) is 10.6. The molecule has 5 heteroatoms. The minimum absolute atomic E-state index is 0.316. The van der Waals surface area contributed by atoms with Crippen molar-refractivity contribution in [3.8, 4) is 0 Å². The van der Waals surface area contributed by atoms with Gasteiger partial charge in [-0.15, -0.1) is 0 Å². The van der Waals surface area contributed by atoms with Gasteiger partial charge in [0.1, 0.15) is 0 Å². The Kier molecular flexibility index (Phi) is 16.3. The molecule has 1 unspecified atom stereocenters. The molecular formula is C17H39NO2SSn. The SMILES string of the molecule is CCCC[O][Sn]([CH2]CCCC(C)N)([CH2]SCC)[O]CCCC. The first kappa shape index (κ1) is 23.0. The third kappa shape index (κ3) is 12.5. The molecule has 0 bridgehead atoms. The number of thioether (sulfide) groups is 1. The van der Waals surface area contributed by atoms with Gasteiger partial charge in [-0.3, -0.25) is 0 Å². The van der Waals surface area contributed by atoms with Gasteiger partial charge in [0.05, 0.1) is 0 Å². The number of rotatable bonds is 16. The molecule has 2 N–H and O–H groups in total. The van der Waals surface area contributed by atoms with E-state index < -0.39 is 19.2 Å². The van der Waals surface area contributed by atoms with Crippen LogP contribution < -0.4 is 5.73 Å². The predicted molar refractivity (Wildman–Crippen MR) is 103 cm³/mol. The summed E-state index contributed by atoms with van der Waals surface area (Å²) in [6, 6.07) is 0.316. The molecule has 0 aliphatic heterocycles. The molecule has 1 atom stereocenters. The third-order valence-corrected chi connectivity index (χ3v) is 17.6. The summed E-state index contributed by atoms with van der Waals surface area (Å²) in [7, 11) is 0. The van der Waals surface area contributed by atoms with E-state index in [1.807, 2.05) is 11.8 Å². The van der Waals surface area contributed by atoms with E-state index in [9.17, 15) is 0 Å². The van der Waals surface area contributed by atoms with Crippen LogP contribution in [0.1, 0.15) is 72.6 Å². The average molecular weight is 440 g/mol. The zero-order valence-electron chi connectivity index (χ0n) is 15.4. The molecule has 0 fully saturated rings. The van der Waals surface area contributed by atoms with E-state index in [1.165, 1.54) is 30.1 Å². The molecule has 0 radical (unpaired) electrons. The Morgan fingerprint density at radius 1 is 0.955 bits per heavy atom. The van der Waals surface area contributed by atoms with Crippen LogP contribution in [0.25, 0.3) is 0 Å². The van der Waals surface area contributed by atoms with Gasteiger partial charge in [-0.2, -0.15) is 0 Å². The van der Waals surface area contributed by atoms with Gasteiger partial charge in [-0.1, -0.05) is 0 Å². The standard InChI is InChI=1S/C6H14N.2C4H9O.C3H7S.Sn/c1-3-4-5-6(2)7;2*1-2-3-4-5;1-3-4-2;/h6H,1,3-5,7H2,2H3;2*2-4H2,1H3;2-3H2,1H3;/q;2*-1;;+2. The summed E-state index contributed by atoms with van der Waals surface area (Å²) in [4.78, 5) is 0. The Morgan fingerprint density at radius 3 is 2.00 bits per heavy atom. The second kappa shape index (κ2) is 15.6. The van der Waals surface area contributed by atoms with Crippen molar-refractivity contribution in [3.63, 3.8) is 0 Å². The summed E-state index contributed by atoms with van der Waals surface area (Å²) in [5.74, 6) is 1.16. The van der Waals surface area contributed by atoms with Crippen molar-refractivity contribution in [1.82, 2.24) is 0 Å². The molecule has 0 saturated heterocycles. The fourth-order valence-corrected chi connectivity index (χ4v) is 16.4. The summed E-state index contributed by atoms with van der Waals surface area (Å²) >= 11 is -0.874. The van der Waals surface area contributed by atoms with Gasteiger partial charge in [0, 0.05) is 0 Å². The van der Waals surface area contributed by atoms with E-state index in [-0.39, 0.29) is 0 Å². The second-order valence-electron chi connectivity index (χ2n) is 6.17. The second-order valence-corrected chi connectivity index (χ2v) is 18.2. The van der Waals surface area contributed by atoms with Gasteiger partial charge in [0.2, 0.25) is 0 Å². The first-order valence-electron chi connectivity index (χ1n) is 9.21. The average Bonchev–Trinajstić information content (AvgIpc) is 2.49. The van der Waals surface area contributed by atoms with Crippen LogP contribution in [0.5, 0.6) is 0 Å². The third-order valence-electron chi connectivity index (χ3n) is 3.72. The number of unbranched alkanes of at least 4 members (excludes halogenated alkanes) is 3. The van der Waals surface area contributed by atoms with Gasteiger partial charge in [0.15, 0.2) is 0 Å². The number of hydrogen-bond acceptors (Lipinski definition) is 4. The molecule has 3 nitrogen and oxygen atoms in total. The molecule has 0 aromatic carbocycles. The van der Waals surface area contributed by atoms with Crippen molar-refractivity contribution >= 4 is 31.0 Å². The first-order valence-corrected chi connectivity index (χ1v) is 16.7.